The van der Waals surface area contributed by atoms with Crippen molar-refractivity contribution >= 4 is 29.7 Å². The minimum Gasteiger partial charge on any atom is -0.463 e. The normalized spacial score (nSPS) is 17.4. The van der Waals surface area contributed by atoms with E-state index in [0.29, 0.717) is 11.1 Å². The first-order chi connectivity index (χ1) is 19.3. The van der Waals surface area contributed by atoms with Gasteiger partial charge in [0.15, 0.2) is 0 Å². The molecule has 202 valence electrons. The number of carbonyl (C=O) groups excluding carboxylic acids is 5. The lowest BCUT2D eigenvalue weighted by molar-refractivity contribution is -0.139. The van der Waals surface area contributed by atoms with Crippen molar-refractivity contribution in [2.75, 3.05) is 6.61 Å². The van der Waals surface area contributed by atoms with Crippen molar-refractivity contribution < 1.29 is 28.7 Å². The lowest BCUT2D eigenvalue weighted by Gasteiger charge is -2.37. The molecular formula is C31H27N3O6. The van der Waals surface area contributed by atoms with Gasteiger partial charge in [-0.3, -0.25) is 19.3 Å². The van der Waals surface area contributed by atoms with Crippen LogP contribution in [0, 0.1) is 0 Å². The Labute approximate surface area is 231 Å². The van der Waals surface area contributed by atoms with Gasteiger partial charge < -0.3 is 10.1 Å². The van der Waals surface area contributed by atoms with Crippen molar-refractivity contribution in [1.82, 2.24) is 15.1 Å². The number of allylic oxidation sites excluding steroid dienone is 1. The van der Waals surface area contributed by atoms with Crippen LogP contribution in [0.3, 0.4) is 0 Å². The van der Waals surface area contributed by atoms with Crippen LogP contribution in [0.25, 0.3) is 0 Å². The Hall–Kier alpha value is -5.05. The summed E-state index contributed by atoms with van der Waals surface area (Å²) in [6.07, 6.45) is -0.0287. The third-order valence-electron chi connectivity index (χ3n) is 7.03. The number of imide groups is 2. The van der Waals surface area contributed by atoms with Crippen LogP contribution in [0.2, 0.25) is 0 Å². The second-order valence-electron chi connectivity index (χ2n) is 9.42. The Kier molecular flexibility index (Phi) is 7.29. The molecule has 9 heteroatoms. The molecule has 2 aliphatic rings. The average molecular weight is 538 g/mol. The molecule has 5 amide bonds. The Morgan fingerprint density at radius 1 is 0.850 bits per heavy atom. The number of hydrogen-bond donors (Lipinski definition) is 1. The summed E-state index contributed by atoms with van der Waals surface area (Å²) >= 11 is 0. The Morgan fingerprint density at radius 3 is 1.98 bits per heavy atom. The van der Waals surface area contributed by atoms with Crippen LogP contribution in [0.4, 0.5) is 4.79 Å². The summed E-state index contributed by atoms with van der Waals surface area (Å²) in [5, 5.41) is 2.75. The second-order valence-corrected chi connectivity index (χ2v) is 9.42. The van der Waals surface area contributed by atoms with Gasteiger partial charge in [-0.25, -0.2) is 14.5 Å². The number of rotatable bonds is 7. The summed E-state index contributed by atoms with van der Waals surface area (Å²) in [6, 6.07) is 21.1. The molecule has 0 spiro atoms. The number of benzene rings is 3. The predicted octanol–water partition coefficient (Wildman–Crippen LogP) is 4.02. The molecule has 2 heterocycles. The number of esters is 1. The van der Waals surface area contributed by atoms with Crippen LogP contribution in [0.1, 0.15) is 51.7 Å². The molecule has 5 rings (SSSR count). The highest BCUT2D eigenvalue weighted by Crippen LogP contribution is 2.33. The fourth-order valence-corrected chi connectivity index (χ4v) is 5.14. The zero-order chi connectivity index (χ0) is 28.4. The van der Waals surface area contributed by atoms with E-state index in [1.165, 1.54) is 19.1 Å². The Morgan fingerprint density at radius 2 is 1.40 bits per heavy atom. The maximum atomic E-state index is 14.3. The maximum Gasteiger partial charge on any atom is 0.338 e. The van der Waals surface area contributed by atoms with E-state index in [4.69, 9.17) is 4.74 Å². The van der Waals surface area contributed by atoms with Gasteiger partial charge in [0.25, 0.3) is 17.7 Å². The van der Waals surface area contributed by atoms with Crippen molar-refractivity contribution in [3.8, 4) is 0 Å². The largest absolute Gasteiger partial charge is 0.463 e. The molecule has 0 radical (unpaired) electrons. The molecule has 0 aromatic heterocycles. The van der Waals surface area contributed by atoms with Crippen molar-refractivity contribution in [1.29, 1.82) is 0 Å². The SMILES string of the molecule is CCOC(=O)C1=C(C)N(C(=O)[C@H](Cc2ccccc2)N2C(=O)c3ccccc3C2=O)C(=O)N[C@H]1c1ccccc1. The number of carbonyl (C=O) groups is 5. The first-order valence-corrected chi connectivity index (χ1v) is 12.9. The van der Waals surface area contributed by atoms with Crippen molar-refractivity contribution in [3.05, 3.63) is 118 Å². The molecule has 3 aromatic rings. The molecule has 0 saturated heterocycles. The molecule has 1 N–H and O–H groups in total. The quantitative estimate of drug-likeness (QED) is 0.360. The zero-order valence-electron chi connectivity index (χ0n) is 22.0. The van der Waals surface area contributed by atoms with Gasteiger partial charge in [-0.1, -0.05) is 72.8 Å². The zero-order valence-corrected chi connectivity index (χ0v) is 22.0. The minimum absolute atomic E-state index is 0.0287. The van der Waals surface area contributed by atoms with E-state index in [0.717, 1.165) is 9.80 Å². The van der Waals surface area contributed by atoms with Crippen molar-refractivity contribution in [2.45, 2.75) is 32.4 Å². The number of fused-ring (bicyclic) bond motifs is 1. The van der Waals surface area contributed by atoms with Crippen LogP contribution in [-0.2, 0) is 20.7 Å². The van der Waals surface area contributed by atoms with Gasteiger partial charge in [0, 0.05) is 12.1 Å². The topological polar surface area (TPSA) is 113 Å². The molecule has 0 unspecified atom stereocenters. The minimum atomic E-state index is -1.35. The number of nitrogens with one attached hydrogen (secondary N) is 1. The Balaban J connectivity index is 1.60. The maximum absolute atomic E-state index is 14.3. The molecular weight excluding hydrogens is 510 g/mol. The summed E-state index contributed by atoms with van der Waals surface area (Å²) < 4.78 is 5.29. The summed E-state index contributed by atoms with van der Waals surface area (Å²) in [5.41, 5.74) is 1.84. The van der Waals surface area contributed by atoms with Gasteiger partial charge in [0.2, 0.25) is 0 Å². The predicted molar refractivity (Wildman–Crippen MR) is 145 cm³/mol. The monoisotopic (exact) mass is 537 g/mol. The average Bonchev–Trinajstić information content (AvgIpc) is 3.21. The van der Waals surface area contributed by atoms with E-state index in [-0.39, 0.29) is 35.4 Å². The highest BCUT2D eigenvalue weighted by molar-refractivity contribution is 6.23. The molecule has 2 aliphatic heterocycles. The molecule has 2 atom stereocenters. The van der Waals surface area contributed by atoms with Gasteiger partial charge in [0.05, 0.1) is 29.3 Å². The molecule has 0 fully saturated rings. The Bertz CT molecular complexity index is 1500. The summed E-state index contributed by atoms with van der Waals surface area (Å²) in [4.78, 5) is 69.5. The van der Waals surface area contributed by atoms with Crippen LogP contribution < -0.4 is 5.32 Å². The second kappa shape index (κ2) is 11.0. The fourth-order valence-electron chi connectivity index (χ4n) is 5.14. The first kappa shape index (κ1) is 26.6. The highest BCUT2D eigenvalue weighted by atomic mass is 16.5. The smallest absolute Gasteiger partial charge is 0.338 e. The van der Waals surface area contributed by atoms with Crippen molar-refractivity contribution in [3.63, 3.8) is 0 Å². The number of urea groups is 1. The van der Waals surface area contributed by atoms with E-state index in [9.17, 15) is 24.0 Å². The highest BCUT2D eigenvalue weighted by Gasteiger charge is 2.47. The molecule has 9 nitrogen and oxygen atoms in total. The summed E-state index contributed by atoms with van der Waals surface area (Å²) in [5.74, 6) is -2.75. The third kappa shape index (κ3) is 4.66. The van der Waals surface area contributed by atoms with Crippen LogP contribution in [0.15, 0.2) is 96.2 Å². The van der Waals surface area contributed by atoms with Gasteiger partial charge >= 0.3 is 12.0 Å². The van der Waals surface area contributed by atoms with E-state index < -0.39 is 41.8 Å². The number of hydrogen-bond acceptors (Lipinski definition) is 6. The van der Waals surface area contributed by atoms with Gasteiger partial charge in [-0.2, -0.15) is 0 Å². The van der Waals surface area contributed by atoms with Gasteiger partial charge in [-0.15, -0.1) is 0 Å². The molecule has 0 saturated carbocycles. The van der Waals surface area contributed by atoms with Crippen molar-refractivity contribution in [2.24, 2.45) is 0 Å². The summed E-state index contributed by atoms with van der Waals surface area (Å²) in [6.45, 7) is 3.24. The lowest BCUT2D eigenvalue weighted by atomic mass is 9.94. The fraction of sp³-hybridized carbons (Fsp3) is 0.194. The molecule has 0 aliphatic carbocycles. The first-order valence-electron chi connectivity index (χ1n) is 12.9. The van der Waals surface area contributed by atoms with Crippen LogP contribution in [-0.4, -0.2) is 52.2 Å². The van der Waals surface area contributed by atoms with E-state index in [1.807, 2.05) is 6.07 Å². The van der Waals surface area contributed by atoms with Crippen LogP contribution in [0.5, 0.6) is 0 Å². The van der Waals surface area contributed by atoms with Gasteiger partial charge in [-0.05, 0) is 37.1 Å². The van der Waals surface area contributed by atoms with E-state index >= 15 is 0 Å². The summed E-state index contributed by atoms with van der Waals surface area (Å²) in [7, 11) is 0. The third-order valence-corrected chi connectivity index (χ3v) is 7.03. The number of ether oxygens (including phenoxy) is 1. The van der Waals surface area contributed by atoms with E-state index in [2.05, 4.69) is 5.32 Å². The number of amides is 5. The number of nitrogens with zero attached hydrogens (tertiary/aromatic N) is 2. The molecule has 0 bridgehead atoms. The lowest BCUT2D eigenvalue weighted by Crippen LogP contribution is -2.57. The van der Waals surface area contributed by atoms with Crippen LogP contribution >= 0.6 is 0 Å². The van der Waals surface area contributed by atoms with Gasteiger partial charge in [0.1, 0.15) is 6.04 Å². The van der Waals surface area contributed by atoms with E-state index in [1.54, 1.807) is 73.7 Å². The molecule has 40 heavy (non-hydrogen) atoms. The molecule has 3 aromatic carbocycles. The standard InChI is InChI=1S/C31H27N3O6/c1-3-40-30(38)25-19(2)33(31(39)32-26(25)21-14-8-5-9-15-21)29(37)24(18-20-12-6-4-7-13-20)34-27(35)22-16-10-11-17-23(22)28(34)36/h4-17,24,26H,3,18H2,1-2H3,(H,32,39)/t24-,26-/m0/s1.